The molecule has 0 fully saturated rings. The van der Waals surface area contributed by atoms with Gasteiger partial charge in [-0.2, -0.15) is 5.10 Å². The predicted molar refractivity (Wildman–Crippen MR) is 146 cm³/mol. The van der Waals surface area contributed by atoms with Crippen molar-refractivity contribution in [1.82, 2.24) is 14.7 Å². The molecule has 8 nitrogen and oxygen atoms in total. The van der Waals surface area contributed by atoms with Crippen LogP contribution in [-0.4, -0.2) is 53.3 Å². The minimum absolute atomic E-state index is 0.0958. The molecule has 1 N–H and O–H groups in total. The van der Waals surface area contributed by atoms with E-state index in [0.29, 0.717) is 23.1 Å². The zero-order valence-electron chi connectivity index (χ0n) is 22.1. The molecule has 0 radical (unpaired) electrons. The first-order valence-electron chi connectivity index (χ1n) is 12.3. The summed E-state index contributed by atoms with van der Waals surface area (Å²) in [4.78, 5) is 27.6. The summed E-state index contributed by atoms with van der Waals surface area (Å²) in [7, 11) is 1.61. The molecule has 0 aliphatic carbocycles. The van der Waals surface area contributed by atoms with Gasteiger partial charge in [0.15, 0.2) is 6.61 Å². The molecule has 0 aliphatic heterocycles. The van der Waals surface area contributed by atoms with Crippen LogP contribution >= 0.6 is 11.6 Å². The number of hydrogen-bond donors (Lipinski definition) is 1. The number of unbranched alkanes of at least 4 members (excludes halogenated alkanes) is 1. The van der Waals surface area contributed by atoms with Crippen molar-refractivity contribution in [2.45, 2.75) is 46.0 Å². The van der Waals surface area contributed by atoms with Crippen LogP contribution in [0.5, 0.6) is 11.5 Å². The Morgan fingerprint density at radius 1 is 1.05 bits per heavy atom. The summed E-state index contributed by atoms with van der Waals surface area (Å²) in [6.07, 6.45) is 1.67. The topological polar surface area (TPSA) is 85.7 Å². The molecule has 3 rings (SSSR count). The number of carbonyl (C=O) groups is 2. The van der Waals surface area contributed by atoms with Crippen LogP contribution in [0.4, 0.5) is 5.82 Å². The summed E-state index contributed by atoms with van der Waals surface area (Å²) < 4.78 is 12.6. The number of rotatable bonds is 11. The van der Waals surface area contributed by atoms with Crippen LogP contribution < -0.4 is 14.8 Å². The fourth-order valence-corrected chi connectivity index (χ4v) is 3.65. The highest BCUT2D eigenvalue weighted by Crippen LogP contribution is 2.27. The number of benzene rings is 2. The lowest BCUT2D eigenvalue weighted by atomic mass is 9.92. The highest BCUT2D eigenvalue weighted by atomic mass is 35.5. The molecule has 2 amide bonds. The van der Waals surface area contributed by atoms with Gasteiger partial charge in [0.1, 0.15) is 23.9 Å². The Labute approximate surface area is 223 Å². The molecule has 0 saturated heterocycles. The second kappa shape index (κ2) is 12.6. The third-order valence-corrected chi connectivity index (χ3v) is 5.96. The standard InChI is InChI=1S/C28H35ClN4O4/c1-6-7-16-32(27(35)19-37-23-12-8-20(29)9-13-23)18-26(34)30-25-17-24(28(2,3)4)31-33(25)21-10-14-22(36-5)15-11-21/h8-15,17H,6-7,16,18-19H2,1-5H3,(H,30,34). The van der Waals surface area contributed by atoms with E-state index >= 15 is 0 Å². The molecule has 198 valence electrons. The van der Waals surface area contributed by atoms with Crippen molar-refractivity contribution >= 4 is 29.2 Å². The summed E-state index contributed by atoms with van der Waals surface area (Å²) in [6.45, 7) is 8.41. The van der Waals surface area contributed by atoms with Crippen molar-refractivity contribution in [2.24, 2.45) is 0 Å². The molecule has 0 aliphatic rings. The van der Waals surface area contributed by atoms with Crippen molar-refractivity contribution in [2.75, 3.05) is 32.1 Å². The highest BCUT2D eigenvalue weighted by Gasteiger charge is 2.23. The molecule has 0 spiro atoms. The first-order chi connectivity index (χ1) is 17.6. The molecule has 0 bridgehead atoms. The van der Waals surface area contributed by atoms with E-state index in [4.69, 9.17) is 26.2 Å². The molecule has 2 aromatic carbocycles. The van der Waals surface area contributed by atoms with Crippen molar-refractivity contribution in [1.29, 1.82) is 0 Å². The molecule has 37 heavy (non-hydrogen) atoms. The van der Waals surface area contributed by atoms with Gasteiger partial charge in [-0.15, -0.1) is 0 Å². The van der Waals surface area contributed by atoms with E-state index in [1.54, 1.807) is 36.1 Å². The number of hydrogen-bond acceptors (Lipinski definition) is 5. The number of aromatic nitrogens is 2. The summed E-state index contributed by atoms with van der Waals surface area (Å²) in [5.74, 6) is 1.21. The smallest absolute Gasteiger partial charge is 0.260 e. The molecule has 1 aromatic heterocycles. The van der Waals surface area contributed by atoms with Crippen molar-refractivity contribution in [3.8, 4) is 17.2 Å². The third kappa shape index (κ3) is 7.98. The van der Waals surface area contributed by atoms with Crippen LogP contribution in [0.15, 0.2) is 54.6 Å². The molecule has 3 aromatic rings. The zero-order chi connectivity index (χ0) is 27.0. The maximum Gasteiger partial charge on any atom is 0.260 e. The number of ether oxygens (including phenoxy) is 2. The lowest BCUT2D eigenvalue weighted by molar-refractivity contribution is -0.136. The zero-order valence-corrected chi connectivity index (χ0v) is 22.8. The molecule has 0 atom stereocenters. The minimum Gasteiger partial charge on any atom is -0.497 e. The fourth-order valence-electron chi connectivity index (χ4n) is 3.52. The maximum absolute atomic E-state index is 13.1. The van der Waals surface area contributed by atoms with Gasteiger partial charge in [0.2, 0.25) is 5.91 Å². The van der Waals surface area contributed by atoms with Crippen molar-refractivity contribution in [3.05, 3.63) is 65.3 Å². The van der Waals surface area contributed by atoms with Gasteiger partial charge in [0, 0.05) is 23.0 Å². The van der Waals surface area contributed by atoms with Gasteiger partial charge in [0.05, 0.1) is 18.5 Å². The number of methoxy groups -OCH3 is 1. The van der Waals surface area contributed by atoms with Gasteiger partial charge in [-0.25, -0.2) is 4.68 Å². The number of carbonyl (C=O) groups excluding carboxylic acids is 2. The minimum atomic E-state index is -0.314. The lowest BCUT2D eigenvalue weighted by Gasteiger charge is -2.22. The lowest BCUT2D eigenvalue weighted by Crippen LogP contribution is -2.41. The van der Waals surface area contributed by atoms with Crippen LogP contribution in [-0.2, 0) is 15.0 Å². The molecular formula is C28H35ClN4O4. The second-order valence-electron chi connectivity index (χ2n) is 9.73. The van der Waals surface area contributed by atoms with E-state index in [-0.39, 0.29) is 30.4 Å². The summed E-state index contributed by atoms with van der Waals surface area (Å²) in [5.41, 5.74) is 1.38. The first-order valence-corrected chi connectivity index (χ1v) is 12.7. The Hall–Kier alpha value is -3.52. The van der Waals surface area contributed by atoms with Crippen LogP contribution in [0, 0.1) is 0 Å². The quantitative estimate of drug-likeness (QED) is 0.357. The van der Waals surface area contributed by atoms with Crippen molar-refractivity contribution in [3.63, 3.8) is 0 Å². The Balaban J connectivity index is 1.75. The van der Waals surface area contributed by atoms with E-state index in [2.05, 4.69) is 26.1 Å². The van der Waals surface area contributed by atoms with E-state index < -0.39 is 0 Å². The monoisotopic (exact) mass is 526 g/mol. The molecular weight excluding hydrogens is 492 g/mol. The van der Waals surface area contributed by atoms with Gasteiger partial charge < -0.3 is 19.7 Å². The Kier molecular flexibility index (Phi) is 9.58. The van der Waals surface area contributed by atoms with Gasteiger partial charge in [-0.05, 0) is 55.0 Å². The highest BCUT2D eigenvalue weighted by molar-refractivity contribution is 6.30. The van der Waals surface area contributed by atoms with Gasteiger partial charge in [0.25, 0.3) is 5.91 Å². The molecule has 1 heterocycles. The van der Waals surface area contributed by atoms with Gasteiger partial charge in [-0.3, -0.25) is 9.59 Å². The maximum atomic E-state index is 13.1. The largest absolute Gasteiger partial charge is 0.497 e. The van der Waals surface area contributed by atoms with E-state index in [0.717, 1.165) is 30.0 Å². The summed E-state index contributed by atoms with van der Waals surface area (Å²) >= 11 is 5.91. The number of nitrogens with one attached hydrogen (secondary N) is 1. The average molecular weight is 527 g/mol. The van der Waals surface area contributed by atoms with Crippen LogP contribution in [0.25, 0.3) is 5.69 Å². The second-order valence-corrected chi connectivity index (χ2v) is 10.2. The third-order valence-electron chi connectivity index (χ3n) is 5.71. The Morgan fingerprint density at radius 2 is 1.70 bits per heavy atom. The van der Waals surface area contributed by atoms with Crippen LogP contribution in [0.1, 0.15) is 46.2 Å². The molecule has 0 saturated carbocycles. The normalized spacial score (nSPS) is 11.2. The number of nitrogens with zero attached hydrogens (tertiary/aromatic N) is 3. The van der Waals surface area contributed by atoms with E-state index in [9.17, 15) is 9.59 Å². The van der Waals surface area contributed by atoms with E-state index in [1.165, 1.54) is 4.90 Å². The SMILES string of the molecule is CCCCN(CC(=O)Nc1cc(C(C)(C)C)nn1-c1ccc(OC)cc1)C(=O)COc1ccc(Cl)cc1. The number of amides is 2. The summed E-state index contributed by atoms with van der Waals surface area (Å²) in [5, 5.41) is 8.28. The first kappa shape index (κ1) is 28.1. The van der Waals surface area contributed by atoms with E-state index in [1.807, 2.05) is 37.3 Å². The average Bonchev–Trinajstić information content (AvgIpc) is 3.30. The fraction of sp³-hybridized carbons (Fsp3) is 0.393. The Bertz CT molecular complexity index is 1180. The van der Waals surface area contributed by atoms with Gasteiger partial charge >= 0.3 is 0 Å². The van der Waals surface area contributed by atoms with Crippen LogP contribution in [0.3, 0.4) is 0 Å². The number of anilines is 1. The summed E-state index contributed by atoms with van der Waals surface area (Å²) in [6, 6.07) is 16.1. The van der Waals surface area contributed by atoms with Crippen molar-refractivity contribution < 1.29 is 19.1 Å². The Morgan fingerprint density at radius 3 is 2.30 bits per heavy atom. The van der Waals surface area contributed by atoms with Gasteiger partial charge in [-0.1, -0.05) is 45.7 Å². The predicted octanol–water partition coefficient (Wildman–Crippen LogP) is 5.48. The molecule has 9 heteroatoms. The van der Waals surface area contributed by atoms with Crippen LogP contribution in [0.2, 0.25) is 5.02 Å². The molecule has 0 unspecified atom stereocenters. The number of halogens is 1.